The van der Waals surface area contributed by atoms with Crippen LogP contribution in [0.5, 0.6) is 0 Å². The third-order valence-electron chi connectivity index (χ3n) is 6.25. The van der Waals surface area contributed by atoms with Gasteiger partial charge in [-0.05, 0) is 54.7 Å². The molecule has 1 amide bonds. The van der Waals surface area contributed by atoms with Crippen molar-refractivity contribution in [3.8, 4) is 0 Å². The molecule has 7 nitrogen and oxygen atoms in total. The van der Waals surface area contributed by atoms with Crippen molar-refractivity contribution in [3.05, 3.63) is 41.3 Å². The maximum absolute atomic E-state index is 13.0. The van der Waals surface area contributed by atoms with Crippen LogP contribution >= 0.6 is 0 Å². The van der Waals surface area contributed by atoms with E-state index in [-0.39, 0.29) is 24.2 Å². The molecule has 33 heavy (non-hydrogen) atoms. The predicted octanol–water partition coefficient (Wildman–Crippen LogP) is 5.04. The van der Waals surface area contributed by atoms with Crippen molar-refractivity contribution >= 4 is 23.3 Å². The van der Waals surface area contributed by atoms with Gasteiger partial charge in [-0.2, -0.15) is 0 Å². The fourth-order valence-corrected chi connectivity index (χ4v) is 4.49. The summed E-state index contributed by atoms with van der Waals surface area (Å²) in [7, 11) is 0. The highest BCUT2D eigenvalue weighted by Gasteiger charge is 2.44. The zero-order chi connectivity index (χ0) is 23.7. The highest BCUT2D eigenvalue weighted by Crippen LogP contribution is 2.49. The summed E-state index contributed by atoms with van der Waals surface area (Å²) in [6.45, 7) is 10.5. The monoisotopic (exact) mass is 453 g/mol. The van der Waals surface area contributed by atoms with Gasteiger partial charge >= 0.3 is 5.97 Å². The van der Waals surface area contributed by atoms with Crippen LogP contribution in [0.4, 0.5) is 11.4 Å². The maximum Gasteiger partial charge on any atom is 0.307 e. The van der Waals surface area contributed by atoms with Gasteiger partial charge < -0.3 is 19.8 Å². The number of carboxylic acid groups (broad SMARTS) is 1. The van der Waals surface area contributed by atoms with E-state index in [1.807, 2.05) is 24.3 Å². The van der Waals surface area contributed by atoms with Gasteiger partial charge in [0.1, 0.15) is 5.76 Å². The second-order valence-electron chi connectivity index (χ2n) is 10.5. The Hall–Kier alpha value is -2.83. The van der Waals surface area contributed by atoms with E-state index in [2.05, 4.69) is 43.1 Å². The van der Waals surface area contributed by atoms with Crippen LogP contribution in [0, 0.1) is 17.8 Å². The fraction of sp³-hybridized carbons (Fsp3) is 0.577. The molecule has 0 saturated heterocycles. The van der Waals surface area contributed by atoms with E-state index in [9.17, 15) is 14.7 Å². The first kappa shape index (κ1) is 23.3. The number of benzene rings is 1. The number of aliphatic carboxylic acids is 1. The van der Waals surface area contributed by atoms with Gasteiger partial charge in [0.2, 0.25) is 5.91 Å². The molecule has 0 unspecified atom stereocenters. The van der Waals surface area contributed by atoms with E-state index in [4.69, 9.17) is 4.52 Å². The Kier molecular flexibility index (Phi) is 6.77. The Bertz CT molecular complexity index is 999. The molecule has 0 spiro atoms. The third-order valence-corrected chi connectivity index (χ3v) is 6.25. The van der Waals surface area contributed by atoms with Gasteiger partial charge in [-0.15, -0.1) is 0 Å². The zero-order valence-corrected chi connectivity index (χ0v) is 20.0. The number of rotatable bonds is 11. The van der Waals surface area contributed by atoms with Crippen molar-refractivity contribution in [2.45, 2.75) is 65.2 Å². The molecular weight excluding hydrogens is 418 g/mol. The Morgan fingerprint density at radius 2 is 1.85 bits per heavy atom. The second kappa shape index (κ2) is 9.57. The van der Waals surface area contributed by atoms with E-state index in [1.165, 1.54) is 0 Å². The Labute approximate surface area is 195 Å². The van der Waals surface area contributed by atoms with Crippen molar-refractivity contribution in [2.24, 2.45) is 17.8 Å². The van der Waals surface area contributed by atoms with Crippen LogP contribution in [-0.4, -0.2) is 35.2 Å². The van der Waals surface area contributed by atoms with E-state index >= 15 is 0 Å². The summed E-state index contributed by atoms with van der Waals surface area (Å²) in [6.07, 6.45) is 3.04. The van der Waals surface area contributed by atoms with E-state index < -0.39 is 5.97 Å². The number of aromatic nitrogens is 1. The molecule has 4 rings (SSSR count). The van der Waals surface area contributed by atoms with Gasteiger partial charge in [0.15, 0.2) is 0 Å². The quantitative estimate of drug-likeness (QED) is 0.495. The number of carboxylic acids is 1. The molecule has 7 heteroatoms. The van der Waals surface area contributed by atoms with Crippen LogP contribution in [0.3, 0.4) is 0 Å². The summed E-state index contributed by atoms with van der Waals surface area (Å²) in [6, 6.07) is 7.90. The Morgan fingerprint density at radius 3 is 2.42 bits per heavy atom. The second-order valence-corrected chi connectivity index (χ2v) is 10.5. The number of nitrogens with one attached hydrogen (secondary N) is 1. The SMILES string of the molecule is CC(C)CN(CC(C)C)c1ccc([C@@H]2C[C@@H]2C(=O)O)cc1NC(=O)Cc1cc(C2CC2)no1. The number of anilines is 2. The van der Waals surface area contributed by atoms with E-state index in [0.29, 0.717) is 29.9 Å². The molecule has 2 atom stereocenters. The van der Waals surface area contributed by atoms with Gasteiger partial charge in [0.05, 0.1) is 29.4 Å². The lowest BCUT2D eigenvalue weighted by Gasteiger charge is -2.30. The van der Waals surface area contributed by atoms with Gasteiger partial charge in [-0.3, -0.25) is 9.59 Å². The molecule has 2 aliphatic carbocycles. The Morgan fingerprint density at radius 1 is 1.15 bits per heavy atom. The van der Waals surface area contributed by atoms with Crippen LogP contribution in [-0.2, 0) is 16.0 Å². The summed E-state index contributed by atoms with van der Waals surface area (Å²) in [5.74, 6) is 0.725. The van der Waals surface area contributed by atoms with Crippen LogP contribution in [0.2, 0.25) is 0 Å². The van der Waals surface area contributed by atoms with Crippen molar-refractivity contribution in [1.82, 2.24) is 5.16 Å². The standard InChI is InChI=1S/C26H35N3O4/c1-15(2)13-29(14-16(3)4)24-8-7-18(20-12-21(20)26(31)32)9-23(24)27-25(30)11-19-10-22(28-33-19)17-5-6-17/h7-10,15-17,20-21H,5-6,11-14H2,1-4H3,(H,27,30)(H,31,32)/t20-,21-/m0/s1. The third kappa shape index (κ3) is 5.95. The molecule has 2 aliphatic rings. The number of carbonyl (C=O) groups excluding carboxylic acids is 1. The van der Waals surface area contributed by atoms with Crippen LogP contribution in [0.15, 0.2) is 28.8 Å². The molecule has 178 valence electrons. The molecule has 0 aliphatic heterocycles. The molecule has 0 radical (unpaired) electrons. The van der Waals surface area contributed by atoms with Crippen LogP contribution in [0.1, 0.15) is 75.8 Å². The first-order valence-corrected chi connectivity index (χ1v) is 12.1. The van der Waals surface area contributed by atoms with Crippen LogP contribution < -0.4 is 10.2 Å². The average molecular weight is 454 g/mol. The molecule has 2 fully saturated rings. The van der Waals surface area contributed by atoms with Crippen molar-refractivity contribution in [3.63, 3.8) is 0 Å². The fourth-order valence-electron chi connectivity index (χ4n) is 4.49. The first-order chi connectivity index (χ1) is 15.7. The lowest BCUT2D eigenvalue weighted by Crippen LogP contribution is -2.32. The summed E-state index contributed by atoms with van der Waals surface area (Å²) in [5.41, 5.74) is 3.61. The first-order valence-electron chi connectivity index (χ1n) is 12.1. The molecular formula is C26H35N3O4. The topological polar surface area (TPSA) is 95.7 Å². The minimum absolute atomic E-state index is 0.00576. The number of amides is 1. The van der Waals surface area contributed by atoms with Gasteiger partial charge in [-0.1, -0.05) is 38.9 Å². The van der Waals surface area contributed by atoms with E-state index in [0.717, 1.165) is 48.6 Å². The smallest absolute Gasteiger partial charge is 0.307 e. The lowest BCUT2D eigenvalue weighted by molar-refractivity contribution is -0.138. The number of hydrogen-bond acceptors (Lipinski definition) is 5. The van der Waals surface area contributed by atoms with Gasteiger partial charge in [-0.25, -0.2) is 0 Å². The number of carbonyl (C=O) groups is 2. The van der Waals surface area contributed by atoms with Crippen molar-refractivity contribution in [2.75, 3.05) is 23.3 Å². The number of hydrogen-bond donors (Lipinski definition) is 2. The molecule has 2 aromatic rings. The highest BCUT2D eigenvalue weighted by atomic mass is 16.5. The summed E-state index contributed by atoms with van der Waals surface area (Å²) in [4.78, 5) is 26.7. The lowest BCUT2D eigenvalue weighted by atomic mass is 10.0. The average Bonchev–Trinajstić information content (AvgIpc) is 3.64. The molecule has 0 bridgehead atoms. The van der Waals surface area contributed by atoms with Gasteiger partial charge in [0, 0.05) is 25.1 Å². The molecule has 1 aromatic heterocycles. The Balaban J connectivity index is 1.57. The van der Waals surface area contributed by atoms with Crippen molar-refractivity contribution < 1.29 is 19.2 Å². The normalized spacial score (nSPS) is 19.7. The summed E-state index contributed by atoms with van der Waals surface area (Å²) >= 11 is 0. The number of nitrogens with zero attached hydrogens (tertiary/aromatic N) is 2. The molecule has 2 saturated carbocycles. The van der Waals surface area contributed by atoms with Crippen LogP contribution in [0.25, 0.3) is 0 Å². The maximum atomic E-state index is 13.0. The van der Waals surface area contributed by atoms with E-state index in [1.54, 1.807) is 0 Å². The molecule has 1 heterocycles. The molecule has 2 N–H and O–H groups in total. The van der Waals surface area contributed by atoms with Gasteiger partial charge in [0.25, 0.3) is 0 Å². The zero-order valence-electron chi connectivity index (χ0n) is 20.0. The highest BCUT2D eigenvalue weighted by molar-refractivity contribution is 5.95. The minimum Gasteiger partial charge on any atom is -0.481 e. The minimum atomic E-state index is -0.757. The summed E-state index contributed by atoms with van der Waals surface area (Å²) < 4.78 is 5.38. The van der Waals surface area contributed by atoms with Crippen molar-refractivity contribution in [1.29, 1.82) is 0 Å². The largest absolute Gasteiger partial charge is 0.481 e. The summed E-state index contributed by atoms with van der Waals surface area (Å²) in [5, 5.41) is 16.5. The molecule has 1 aromatic carbocycles. The predicted molar refractivity (Wildman–Crippen MR) is 128 cm³/mol.